The van der Waals surface area contributed by atoms with Gasteiger partial charge in [-0.3, -0.25) is 15.6 Å². The van der Waals surface area contributed by atoms with Gasteiger partial charge in [0.2, 0.25) is 11.6 Å². The molecule has 0 unspecified atom stereocenters. The van der Waals surface area contributed by atoms with Crippen LogP contribution in [-0.4, -0.2) is 44.3 Å². The van der Waals surface area contributed by atoms with Crippen molar-refractivity contribution in [1.29, 1.82) is 0 Å². The number of nitrogens with two attached hydrogens (primary N) is 1. The average Bonchev–Trinajstić information content (AvgIpc) is 3.35. The van der Waals surface area contributed by atoms with Crippen LogP contribution in [0.4, 0.5) is 5.82 Å². The molecular weight excluding hydrogens is 386 g/mol. The predicted octanol–water partition coefficient (Wildman–Crippen LogP) is -0.129. The molecule has 2 heterocycles. The summed E-state index contributed by atoms with van der Waals surface area (Å²) in [7, 11) is 0. The maximum atomic E-state index is 12.9. The smallest absolute Gasteiger partial charge is 0.292 e. The van der Waals surface area contributed by atoms with Gasteiger partial charge in [-0.1, -0.05) is 41.6 Å². The number of carbonyl (C=O) groups is 1. The molecule has 158 valence electrons. The molecule has 0 aliphatic rings. The Labute approximate surface area is 173 Å². The minimum atomic E-state index is -0.453. The van der Waals surface area contributed by atoms with Gasteiger partial charge < -0.3 is 10.6 Å². The van der Waals surface area contributed by atoms with E-state index in [2.05, 4.69) is 56.5 Å². The van der Waals surface area contributed by atoms with E-state index in [1.165, 1.54) is 9.58 Å². The van der Waals surface area contributed by atoms with E-state index in [4.69, 9.17) is 5.73 Å². The summed E-state index contributed by atoms with van der Waals surface area (Å²) in [6.45, 7) is 12.3. The number of rotatable bonds is 9. The summed E-state index contributed by atoms with van der Waals surface area (Å²) in [5.74, 6) is -0.195. The topological polar surface area (TPSA) is 141 Å². The highest BCUT2D eigenvalue weighted by Gasteiger charge is 2.26. The summed E-state index contributed by atoms with van der Waals surface area (Å²) < 4.78 is 6.06. The zero-order valence-corrected chi connectivity index (χ0v) is 17.3. The fourth-order valence-electron chi connectivity index (χ4n) is 2.90. The average molecular weight is 412 g/mol. The van der Waals surface area contributed by atoms with Crippen LogP contribution in [0.25, 0.3) is 11.5 Å². The number of aryl methyl sites for hydroxylation is 1. The lowest BCUT2D eigenvalue weighted by molar-refractivity contribution is -0.910. The number of nitrogens with one attached hydrogen (secondary N) is 3. The molecule has 0 spiro atoms. The van der Waals surface area contributed by atoms with Crippen LogP contribution in [0.5, 0.6) is 0 Å². The molecule has 1 aromatic carbocycles. The first kappa shape index (κ1) is 21.0. The number of hydrogen-bond acceptors (Lipinski definition) is 8. The van der Waals surface area contributed by atoms with Gasteiger partial charge >= 0.3 is 0 Å². The zero-order valence-electron chi connectivity index (χ0n) is 17.3. The first-order chi connectivity index (χ1) is 14.4. The van der Waals surface area contributed by atoms with Gasteiger partial charge in [-0.2, -0.15) is 4.68 Å². The van der Waals surface area contributed by atoms with E-state index in [9.17, 15) is 4.79 Å². The maximum absolute atomic E-state index is 12.9. The van der Waals surface area contributed by atoms with Crippen LogP contribution in [0.3, 0.4) is 0 Å². The summed E-state index contributed by atoms with van der Waals surface area (Å²) in [6, 6.07) is 7.78. The van der Waals surface area contributed by atoms with Crippen LogP contribution < -0.4 is 21.5 Å². The Kier molecular flexibility index (Phi) is 6.42. The van der Waals surface area contributed by atoms with Crippen molar-refractivity contribution in [3.05, 3.63) is 53.4 Å². The Bertz CT molecular complexity index is 1020. The molecule has 0 fully saturated rings. The highest BCUT2D eigenvalue weighted by atomic mass is 16.6. The Morgan fingerprint density at radius 1 is 1.20 bits per heavy atom. The highest BCUT2D eigenvalue weighted by Crippen LogP contribution is 2.15. The van der Waals surface area contributed by atoms with Crippen LogP contribution in [0.15, 0.2) is 35.5 Å². The number of nitrogens with zero attached hydrogens (tertiary/aromatic N) is 5. The van der Waals surface area contributed by atoms with Gasteiger partial charge in [-0.25, -0.2) is 4.63 Å². The molecule has 30 heavy (non-hydrogen) atoms. The molecule has 3 rings (SSSR count). The van der Waals surface area contributed by atoms with Crippen molar-refractivity contribution < 1.29 is 14.3 Å². The van der Waals surface area contributed by atoms with Crippen molar-refractivity contribution in [3.63, 3.8) is 0 Å². The Balaban J connectivity index is 1.82. The van der Waals surface area contributed by atoms with Crippen molar-refractivity contribution in [2.45, 2.75) is 27.3 Å². The number of anilines is 1. The van der Waals surface area contributed by atoms with E-state index in [-0.39, 0.29) is 17.3 Å². The second kappa shape index (κ2) is 9.18. The predicted molar refractivity (Wildman–Crippen MR) is 110 cm³/mol. The van der Waals surface area contributed by atoms with E-state index in [0.717, 1.165) is 24.2 Å². The molecule has 0 bridgehead atoms. The summed E-state index contributed by atoms with van der Waals surface area (Å²) in [6.07, 6.45) is 0. The molecule has 0 aliphatic carbocycles. The minimum absolute atomic E-state index is 0.0635. The highest BCUT2D eigenvalue weighted by molar-refractivity contribution is 5.93. The Morgan fingerprint density at radius 2 is 1.90 bits per heavy atom. The van der Waals surface area contributed by atoms with Gasteiger partial charge in [0.15, 0.2) is 5.69 Å². The van der Waals surface area contributed by atoms with Crippen LogP contribution >= 0.6 is 0 Å². The number of carbonyl (C=O) groups excluding carboxylic acids is 1. The van der Waals surface area contributed by atoms with E-state index >= 15 is 0 Å². The van der Waals surface area contributed by atoms with Gasteiger partial charge in [0.25, 0.3) is 5.91 Å². The van der Waals surface area contributed by atoms with E-state index in [1.54, 1.807) is 0 Å². The fourth-order valence-corrected chi connectivity index (χ4v) is 2.90. The van der Waals surface area contributed by atoms with E-state index in [0.29, 0.717) is 17.9 Å². The molecule has 0 saturated heterocycles. The molecule has 2 aromatic heterocycles. The molecular formula is C19H26N9O2+. The third-order valence-corrected chi connectivity index (χ3v) is 4.82. The Hall–Kier alpha value is -3.73. The van der Waals surface area contributed by atoms with Gasteiger partial charge in [-0.15, -0.1) is 5.10 Å². The van der Waals surface area contributed by atoms with Crippen molar-refractivity contribution >= 4 is 17.4 Å². The van der Waals surface area contributed by atoms with E-state index in [1.807, 2.05) is 31.2 Å². The zero-order chi connectivity index (χ0) is 21.7. The maximum Gasteiger partial charge on any atom is 0.292 e. The van der Waals surface area contributed by atoms with Crippen LogP contribution in [0, 0.1) is 6.92 Å². The quantitative estimate of drug-likeness (QED) is 0.356. The SMILES string of the molecule is C=C(NNC(=O)c1nnn(-c2nonc2N)c1C[NH+](CC)CC)c1ccc(C)cc1. The number of amides is 1. The number of quaternary nitrogens is 1. The molecule has 0 saturated carbocycles. The largest absolute Gasteiger partial charge is 0.378 e. The van der Waals surface area contributed by atoms with Gasteiger partial charge in [0.05, 0.1) is 18.8 Å². The second-order valence-electron chi connectivity index (χ2n) is 6.83. The van der Waals surface area contributed by atoms with Crippen LogP contribution in [0.2, 0.25) is 0 Å². The number of nitrogen functional groups attached to an aromatic ring is 1. The Morgan fingerprint density at radius 3 is 2.50 bits per heavy atom. The summed E-state index contributed by atoms with van der Waals surface area (Å²) in [5.41, 5.74) is 14.5. The van der Waals surface area contributed by atoms with Gasteiger partial charge in [0.1, 0.15) is 12.2 Å². The molecule has 1 amide bonds. The lowest BCUT2D eigenvalue weighted by Gasteiger charge is -2.16. The lowest BCUT2D eigenvalue weighted by Crippen LogP contribution is -3.10. The van der Waals surface area contributed by atoms with Crippen molar-refractivity contribution in [2.75, 3.05) is 18.8 Å². The molecule has 11 nitrogen and oxygen atoms in total. The van der Waals surface area contributed by atoms with Crippen molar-refractivity contribution in [3.8, 4) is 5.82 Å². The minimum Gasteiger partial charge on any atom is -0.378 e. The normalized spacial score (nSPS) is 10.9. The molecule has 3 aromatic rings. The number of hydrogen-bond donors (Lipinski definition) is 4. The van der Waals surface area contributed by atoms with Gasteiger partial charge in [-0.05, 0) is 36.6 Å². The van der Waals surface area contributed by atoms with Crippen LogP contribution in [-0.2, 0) is 6.54 Å². The molecule has 0 radical (unpaired) electrons. The van der Waals surface area contributed by atoms with E-state index < -0.39 is 5.91 Å². The third-order valence-electron chi connectivity index (χ3n) is 4.82. The first-order valence-corrected chi connectivity index (χ1v) is 9.63. The van der Waals surface area contributed by atoms with Crippen LogP contribution in [0.1, 0.15) is 41.2 Å². The number of aromatic nitrogens is 5. The summed E-state index contributed by atoms with van der Waals surface area (Å²) >= 11 is 0. The van der Waals surface area contributed by atoms with Crippen molar-refractivity contribution in [1.82, 2.24) is 36.2 Å². The first-order valence-electron chi connectivity index (χ1n) is 9.63. The molecule has 0 atom stereocenters. The third kappa shape index (κ3) is 4.46. The fraction of sp³-hybridized carbons (Fsp3) is 0.316. The molecule has 5 N–H and O–H groups in total. The van der Waals surface area contributed by atoms with Gasteiger partial charge in [0, 0.05) is 0 Å². The summed E-state index contributed by atoms with van der Waals surface area (Å²) in [4.78, 5) is 14.1. The molecule has 0 aliphatic heterocycles. The lowest BCUT2D eigenvalue weighted by atomic mass is 10.1. The number of benzene rings is 1. The molecule has 11 heteroatoms. The monoisotopic (exact) mass is 412 g/mol. The van der Waals surface area contributed by atoms with Crippen molar-refractivity contribution in [2.24, 2.45) is 0 Å². The summed E-state index contributed by atoms with van der Waals surface area (Å²) in [5, 5.41) is 15.5. The number of hydrazine groups is 1. The second-order valence-corrected chi connectivity index (χ2v) is 6.83. The standard InChI is InChI=1S/C19H25N9O2/c1-5-27(6-2)11-15-16(22-26-28(15)18-17(20)24-30-25-18)19(29)23-21-13(4)14-9-7-12(3)8-10-14/h7-10,21H,4-6,11H2,1-3H3,(H2,20,24)(H,23,29)/p+1.